The Kier molecular flexibility index (Phi) is 7.06. The van der Waals surface area contributed by atoms with E-state index in [1.165, 1.54) is 12.1 Å². The van der Waals surface area contributed by atoms with Crippen molar-refractivity contribution in [1.29, 1.82) is 0 Å². The van der Waals surface area contributed by atoms with Crippen molar-refractivity contribution < 1.29 is 26.7 Å². The number of hydrogen-bond donors (Lipinski definition) is 3. The maximum absolute atomic E-state index is 12.7. The number of carbonyl (C=O) groups excluding carboxylic acids is 1. The first kappa shape index (κ1) is 23.3. The second-order valence-corrected chi connectivity index (χ2v) is 8.64. The van der Waals surface area contributed by atoms with Gasteiger partial charge in [-0.3, -0.25) is 4.79 Å². The summed E-state index contributed by atoms with van der Waals surface area (Å²) in [7, 11) is 0. The molecule has 0 saturated heterocycles. The van der Waals surface area contributed by atoms with Gasteiger partial charge in [0.25, 0.3) is 0 Å². The minimum atomic E-state index is -4.37. The molecule has 1 saturated carbocycles. The lowest BCUT2D eigenvalue weighted by molar-refractivity contribution is -0.137. The summed E-state index contributed by atoms with van der Waals surface area (Å²) in [6, 6.07) is 10.4. The Bertz CT molecular complexity index is 963. The van der Waals surface area contributed by atoms with Crippen LogP contribution in [0.4, 0.5) is 18.9 Å². The van der Waals surface area contributed by atoms with Gasteiger partial charge in [-0.1, -0.05) is 31.2 Å². The third kappa shape index (κ3) is 5.86. The van der Waals surface area contributed by atoms with Gasteiger partial charge in [-0.2, -0.15) is 13.2 Å². The van der Waals surface area contributed by atoms with E-state index in [0.717, 1.165) is 34.5 Å². The molecule has 0 aliphatic heterocycles. The number of anilines is 1. The molecule has 1 aliphatic rings. The average Bonchev–Trinajstić information content (AvgIpc) is 3.52. The number of amides is 1. The van der Waals surface area contributed by atoms with E-state index in [0.29, 0.717) is 12.8 Å². The van der Waals surface area contributed by atoms with Gasteiger partial charge >= 0.3 is 6.18 Å². The highest BCUT2D eigenvalue weighted by atomic mass is 32.2. The summed E-state index contributed by atoms with van der Waals surface area (Å²) in [5, 5.41) is 5.91. The van der Waals surface area contributed by atoms with Crippen LogP contribution in [-0.2, 0) is 28.5 Å². The van der Waals surface area contributed by atoms with E-state index in [-0.39, 0.29) is 29.7 Å². The van der Waals surface area contributed by atoms with Crippen LogP contribution in [0.5, 0.6) is 0 Å². The van der Waals surface area contributed by atoms with Crippen LogP contribution in [-0.4, -0.2) is 20.5 Å². The van der Waals surface area contributed by atoms with E-state index in [2.05, 4.69) is 10.6 Å². The van der Waals surface area contributed by atoms with E-state index in [1.54, 1.807) is 0 Å². The third-order valence-electron chi connectivity index (χ3n) is 5.55. The topological polar surface area (TPSA) is 78.4 Å². The van der Waals surface area contributed by atoms with Crippen molar-refractivity contribution in [3.05, 3.63) is 64.7 Å². The van der Waals surface area contributed by atoms with Crippen LogP contribution in [0.3, 0.4) is 0 Å². The maximum atomic E-state index is 12.7. The Morgan fingerprint density at radius 2 is 1.90 bits per heavy atom. The largest absolute Gasteiger partial charge is 0.416 e. The molecule has 0 radical (unpaired) electrons. The molecule has 3 unspecified atom stereocenters. The fraction of sp³-hybridized carbons (Fsp3) is 0.409. The van der Waals surface area contributed by atoms with Crippen molar-refractivity contribution in [2.75, 3.05) is 11.2 Å². The number of hydrogen-bond acceptors (Lipinski definition) is 3. The average molecular weight is 455 g/mol. The summed E-state index contributed by atoms with van der Waals surface area (Å²) < 4.78 is 58.0. The Morgan fingerprint density at radius 1 is 1.23 bits per heavy atom. The molecule has 3 rings (SSSR count). The third-order valence-corrected chi connectivity index (χ3v) is 5.94. The molecule has 3 N–H and O–H groups in total. The molecule has 1 fully saturated rings. The standard InChI is InChI=1S/C22H25F3N2O3S/c1-3-14-10-16(6-9-20(14)26-12-31(29)30)13(2)27-21(28)19-11-18(19)15-4-7-17(8-5-15)22(23,24)25/h4-10,13,18-19,26H,3,11-12H2,1-2H3,(H,27,28)(H,29,30)/t13-,18?,19?/m1/s1. The van der Waals surface area contributed by atoms with Crippen LogP contribution in [0, 0.1) is 5.92 Å². The molecule has 4 atom stereocenters. The highest BCUT2D eigenvalue weighted by Gasteiger charge is 2.44. The predicted octanol–water partition coefficient (Wildman–Crippen LogP) is 4.84. The van der Waals surface area contributed by atoms with E-state index >= 15 is 0 Å². The van der Waals surface area contributed by atoms with Crippen LogP contribution in [0.15, 0.2) is 42.5 Å². The number of halogens is 3. The first-order valence-corrected chi connectivity index (χ1v) is 11.3. The van der Waals surface area contributed by atoms with Crippen LogP contribution >= 0.6 is 0 Å². The number of aryl methyl sites for hydroxylation is 1. The molecule has 0 bridgehead atoms. The van der Waals surface area contributed by atoms with Crippen molar-refractivity contribution in [2.24, 2.45) is 5.92 Å². The van der Waals surface area contributed by atoms with Gasteiger partial charge < -0.3 is 15.2 Å². The van der Waals surface area contributed by atoms with Gasteiger partial charge in [0.05, 0.1) is 11.6 Å². The minimum absolute atomic E-state index is 0.0633. The van der Waals surface area contributed by atoms with Crippen LogP contribution < -0.4 is 10.6 Å². The highest BCUT2D eigenvalue weighted by Crippen LogP contribution is 2.48. The summed E-state index contributed by atoms with van der Waals surface area (Å²) in [5.41, 5.74) is 2.70. The molecule has 168 valence electrons. The number of alkyl halides is 3. The second-order valence-electron chi connectivity index (χ2n) is 7.71. The first-order chi connectivity index (χ1) is 14.6. The Balaban J connectivity index is 1.60. The molecule has 1 amide bonds. The van der Waals surface area contributed by atoms with Crippen molar-refractivity contribution >= 4 is 22.7 Å². The fourth-order valence-corrected chi connectivity index (χ4v) is 3.94. The van der Waals surface area contributed by atoms with Gasteiger partial charge in [0, 0.05) is 11.6 Å². The van der Waals surface area contributed by atoms with Crippen LogP contribution in [0.2, 0.25) is 0 Å². The predicted molar refractivity (Wildman–Crippen MR) is 114 cm³/mol. The molecule has 31 heavy (non-hydrogen) atoms. The first-order valence-electron chi connectivity index (χ1n) is 10.0. The smallest absolute Gasteiger partial charge is 0.371 e. The zero-order valence-electron chi connectivity index (χ0n) is 17.2. The summed E-state index contributed by atoms with van der Waals surface area (Å²) in [6.45, 7) is 3.85. The van der Waals surface area contributed by atoms with Gasteiger partial charge in [-0.15, -0.1) is 0 Å². The van der Waals surface area contributed by atoms with Gasteiger partial charge in [0.1, 0.15) is 5.88 Å². The van der Waals surface area contributed by atoms with Gasteiger partial charge in [0.15, 0.2) is 11.1 Å². The fourth-order valence-electron chi connectivity index (χ4n) is 3.66. The zero-order chi connectivity index (χ0) is 22.8. The van der Waals surface area contributed by atoms with Crippen LogP contribution in [0.1, 0.15) is 54.5 Å². The molecule has 2 aromatic carbocycles. The zero-order valence-corrected chi connectivity index (χ0v) is 18.0. The summed E-state index contributed by atoms with van der Waals surface area (Å²) in [5.74, 6) is -0.490. The van der Waals surface area contributed by atoms with Crippen molar-refractivity contribution in [1.82, 2.24) is 5.32 Å². The summed E-state index contributed by atoms with van der Waals surface area (Å²) in [6.07, 6.45) is -3.04. The molecular formula is C22H25F3N2O3S. The van der Waals surface area contributed by atoms with E-state index in [1.807, 2.05) is 32.0 Å². The Morgan fingerprint density at radius 3 is 2.48 bits per heavy atom. The number of rotatable bonds is 8. The van der Waals surface area contributed by atoms with Crippen LogP contribution in [0.25, 0.3) is 0 Å². The highest BCUT2D eigenvalue weighted by molar-refractivity contribution is 7.79. The number of nitrogens with one attached hydrogen (secondary N) is 2. The molecule has 9 heteroatoms. The lowest BCUT2D eigenvalue weighted by Gasteiger charge is -2.18. The lowest BCUT2D eigenvalue weighted by atomic mass is 10.0. The Labute approximate surface area is 181 Å². The van der Waals surface area contributed by atoms with E-state index < -0.39 is 22.8 Å². The molecule has 0 heterocycles. The number of benzene rings is 2. The van der Waals surface area contributed by atoms with Gasteiger partial charge in [0.2, 0.25) is 5.91 Å². The van der Waals surface area contributed by atoms with E-state index in [9.17, 15) is 22.2 Å². The van der Waals surface area contributed by atoms with Crippen molar-refractivity contribution in [3.8, 4) is 0 Å². The van der Waals surface area contributed by atoms with Crippen molar-refractivity contribution in [2.45, 2.75) is 44.8 Å². The maximum Gasteiger partial charge on any atom is 0.416 e. The molecule has 5 nitrogen and oxygen atoms in total. The van der Waals surface area contributed by atoms with E-state index in [4.69, 9.17) is 4.55 Å². The molecular weight excluding hydrogens is 429 g/mol. The monoisotopic (exact) mass is 454 g/mol. The molecule has 1 aliphatic carbocycles. The summed E-state index contributed by atoms with van der Waals surface area (Å²) >= 11 is -1.95. The SMILES string of the molecule is CCc1cc([C@@H](C)NC(=O)C2CC2c2ccc(C(F)(F)F)cc2)ccc1NCS(=O)O. The van der Waals surface area contributed by atoms with Gasteiger partial charge in [-0.25, -0.2) is 4.21 Å². The quantitative estimate of drug-likeness (QED) is 0.499. The lowest BCUT2D eigenvalue weighted by Crippen LogP contribution is -2.28. The normalized spacial score (nSPS) is 20.1. The number of carbonyl (C=O) groups is 1. The second kappa shape index (κ2) is 9.40. The molecule has 2 aromatic rings. The molecule has 0 aromatic heterocycles. The Hall–Kier alpha value is -2.39. The van der Waals surface area contributed by atoms with Gasteiger partial charge in [-0.05, 0) is 60.6 Å². The summed E-state index contributed by atoms with van der Waals surface area (Å²) in [4.78, 5) is 12.6. The van der Waals surface area contributed by atoms with Crippen molar-refractivity contribution in [3.63, 3.8) is 0 Å². The molecule has 0 spiro atoms. The minimum Gasteiger partial charge on any atom is -0.371 e.